The van der Waals surface area contributed by atoms with Crippen molar-refractivity contribution in [2.75, 3.05) is 13.2 Å². The lowest BCUT2D eigenvalue weighted by Crippen LogP contribution is -2.51. The number of ether oxygens (including phenoxy) is 1. The van der Waals surface area contributed by atoms with Crippen molar-refractivity contribution in [3.05, 3.63) is 18.7 Å². The summed E-state index contributed by atoms with van der Waals surface area (Å²) in [6, 6.07) is 0.181. The monoisotopic (exact) mass is 253 g/mol. The van der Waals surface area contributed by atoms with Crippen LogP contribution in [0.1, 0.15) is 40.2 Å². The molecule has 1 aromatic heterocycles. The van der Waals surface area contributed by atoms with Crippen LogP contribution in [0.2, 0.25) is 0 Å². The first kappa shape index (κ1) is 14.7. The van der Waals surface area contributed by atoms with Gasteiger partial charge in [-0.25, -0.2) is 4.98 Å². The second-order valence-electron chi connectivity index (χ2n) is 4.65. The number of carbonyl (C=O) groups is 1. The van der Waals surface area contributed by atoms with E-state index in [0.717, 1.165) is 6.54 Å². The zero-order valence-electron chi connectivity index (χ0n) is 11.6. The smallest absolute Gasteiger partial charge is 0.326 e. The molecule has 1 aromatic rings. The van der Waals surface area contributed by atoms with E-state index in [0.29, 0.717) is 13.0 Å². The van der Waals surface area contributed by atoms with Crippen molar-refractivity contribution >= 4 is 5.97 Å². The van der Waals surface area contributed by atoms with Gasteiger partial charge in [0, 0.05) is 18.4 Å². The Morgan fingerprint density at radius 2 is 2.28 bits per heavy atom. The van der Waals surface area contributed by atoms with Gasteiger partial charge in [-0.15, -0.1) is 0 Å². The van der Waals surface area contributed by atoms with Crippen molar-refractivity contribution in [1.29, 1.82) is 0 Å². The standard InChI is InChI=1S/C13H23N3O2/c1-5-15-13(4,12(17)18-6-2)9-11(3)16-8-7-14-10-16/h7-8,10-11,15H,5-6,9H2,1-4H3. The molecule has 5 nitrogen and oxygen atoms in total. The van der Waals surface area contributed by atoms with E-state index < -0.39 is 5.54 Å². The molecule has 0 bridgehead atoms. The van der Waals surface area contributed by atoms with Crippen LogP contribution in [0.5, 0.6) is 0 Å². The molecule has 0 aromatic carbocycles. The fraction of sp³-hybridized carbons (Fsp3) is 0.692. The lowest BCUT2D eigenvalue weighted by molar-refractivity contribution is -0.151. The molecule has 2 unspecified atom stereocenters. The Kier molecular flexibility index (Phi) is 5.34. The van der Waals surface area contributed by atoms with E-state index in [9.17, 15) is 4.79 Å². The molecule has 0 aliphatic heterocycles. The predicted molar refractivity (Wildman–Crippen MR) is 70.3 cm³/mol. The highest BCUT2D eigenvalue weighted by Crippen LogP contribution is 2.22. The Morgan fingerprint density at radius 1 is 1.56 bits per heavy atom. The van der Waals surface area contributed by atoms with Gasteiger partial charge in [0.1, 0.15) is 5.54 Å². The topological polar surface area (TPSA) is 56.2 Å². The van der Waals surface area contributed by atoms with Gasteiger partial charge in [0.25, 0.3) is 0 Å². The highest BCUT2D eigenvalue weighted by Gasteiger charge is 2.35. The van der Waals surface area contributed by atoms with Crippen molar-refractivity contribution in [2.45, 2.75) is 45.7 Å². The van der Waals surface area contributed by atoms with E-state index in [2.05, 4.69) is 17.2 Å². The summed E-state index contributed by atoms with van der Waals surface area (Å²) in [4.78, 5) is 16.1. The first-order valence-corrected chi connectivity index (χ1v) is 6.43. The van der Waals surface area contributed by atoms with E-state index in [1.165, 1.54) is 0 Å². The maximum Gasteiger partial charge on any atom is 0.326 e. The van der Waals surface area contributed by atoms with Crippen LogP contribution < -0.4 is 5.32 Å². The predicted octanol–water partition coefficient (Wildman–Crippen LogP) is 1.77. The molecule has 1 N–H and O–H groups in total. The molecule has 0 saturated heterocycles. The number of hydrogen-bond acceptors (Lipinski definition) is 4. The summed E-state index contributed by atoms with van der Waals surface area (Å²) in [7, 11) is 0. The van der Waals surface area contributed by atoms with Gasteiger partial charge >= 0.3 is 5.97 Å². The Morgan fingerprint density at radius 3 is 2.78 bits per heavy atom. The van der Waals surface area contributed by atoms with Gasteiger partial charge in [-0.1, -0.05) is 6.92 Å². The molecule has 18 heavy (non-hydrogen) atoms. The molecule has 2 atom stereocenters. The molecule has 102 valence electrons. The van der Waals surface area contributed by atoms with E-state index in [4.69, 9.17) is 4.74 Å². The highest BCUT2D eigenvalue weighted by atomic mass is 16.5. The number of nitrogens with zero attached hydrogens (tertiary/aromatic N) is 2. The number of carbonyl (C=O) groups excluding carboxylic acids is 1. The summed E-state index contributed by atoms with van der Waals surface area (Å²) in [5.41, 5.74) is -0.658. The highest BCUT2D eigenvalue weighted by molar-refractivity contribution is 5.80. The van der Waals surface area contributed by atoms with Crippen molar-refractivity contribution in [3.8, 4) is 0 Å². The first-order chi connectivity index (χ1) is 8.53. The number of esters is 1. The summed E-state index contributed by atoms with van der Waals surface area (Å²) in [6.45, 7) is 8.90. The number of aromatic nitrogens is 2. The molecular weight excluding hydrogens is 230 g/mol. The Labute approximate surface area is 109 Å². The maximum absolute atomic E-state index is 12.1. The third-order valence-corrected chi connectivity index (χ3v) is 3.03. The van der Waals surface area contributed by atoms with Crippen molar-refractivity contribution < 1.29 is 9.53 Å². The van der Waals surface area contributed by atoms with Crippen LogP contribution >= 0.6 is 0 Å². The van der Waals surface area contributed by atoms with Crippen LogP contribution in [-0.4, -0.2) is 34.2 Å². The van der Waals surface area contributed by atoms with E-state index in [1.807, 2.05) is 31.5 Å². The summed E-state index contributed by atoms with van der Waals surface area (Å²) < 4.78 is 7.15. The van der Waals surface area contributed by atoms with Crippen molar-refractivity contribution in [3.63, 3.8) is 0 Å². The van der Waals surface area contributed by atoms with Gasteiger partial charge in [0.2, 0.25) is 0 Å². The summed E-state index contributed by atoms with van der Waals surface area (Å²) in [5.74, 6) is -0.196. The minimum Gasteiger partial charge on any atom is -0.465 e. The second kappa shape index (κ2) is 6.54. The lowest BCUT2D eigenvalue weighted by Gasteiger charge is -2.31. The number of imidazole rings is 1. The maximum atomic E-state index is 12.1. The molecule has 0 radical (unpaired) electrons. The largest absolute Gasteiger partial charge is 0.465 e. The number of nitrogens with one attached hydrogen (secondary N) is 1. The van der Waals surface area contributed by atoms with Gasteiger partial charge in [-0.05, 0) is 33.7 Å². The van der Waals surface area contributed by atoms with Crippen LogP contribution in [-0.2, 0) is 9.53 Å². The summed E-state index contributed by atoms with van der Waals surface area (Å²) in [6.07, 6.45) is 6.08. The second-order valence-corrected chi connectivity index (χ2v) is 4.65. The van der Waals surface area contributed by atoms with Crippen LogP contribution in [0.3, 0.4) is 0 Å². The van der Waals surface area contributed by atoms with Gasteiger partial charge in [-0.3, -0.25) is 4.79 Å². The third-order valence-electron chi connectivity index (χ3n) is 3.03. The van der Waals surface area contributed by atoms with E-state index in [1.54, 1.807) is 12.5 Å². The minimum absolute atomic E-state index is 0.181. The van der Waals surface area contributed by atoms with Gasteiger partial charge in [0.05, 0.1) is 12.9 Å². The Balaban J connectivity index is 2.75. The third kappa shape index (κ3) is 3.57. The van der Waals surface area contributed by atoms with Crippen LogP contribution in [0, 0.1) is 0 Å². The zero-order chi connectivity index (χ0) is 13.6. The molecular formula is C13H23N3O2. The van der Waals surface area contributed by atoms with Crippen LogP contribution in [0.25, 0.3) is 0 Å². The summed E-state index contributed by atoms with van der Waals surface area (Å²) >= 11 is 0. The Hall–Kier alpha value is -1.36. The average Bonchev–Trinajstić information content (AvgIpc) is 2.83. The quantitative estimate of drug-likeness (QED) is 0.752. The van der Waals surface area contributed by atoms with Gasteiger partial charge in [-0.2, -0.15) is 0 Å². The number of rotatable bonds is 7. The summed E-state index contributed by atoms with van der Waals surface area (Å²) in [5, 5.41) is 3.23. The van der Waals surface area contributed by atoms with E-state index >= 15 is 0 Å². The SMILES string of the molecule is CCNC(C)(CC(C)n1ccnc1)C(=O)OCC. The molecule has 0 saturated carbocycles. The zero-order valence-corrected chi connectivity index (χ0v) is 11.6. The number of hydrogen-bond donors (Lipinski definition) is 1. The Bertz CT molecular complexity index is 364. The van der Waals surface area contributed by atoms with Gasteiger partial charge < -0.3 is 14.6 Å². The first-order valence-electron chi connectivity index (χ1n) is 6.43. The number of likely N-dealkylation sites (N-methyl/N-ethyl adjacent to an activating group) is 1. The normalized spacial score (nSPS) is 16.0. The average molecular weight is 253 g/mol. The molecule has 5 heteroatoms. The van der Waals surface area contributed by atoms with Crippen LogP contribution in [0.4, 0.5) is 0 Å². The van der Waals surface area contributed by atoms with Crippen molar-refractivity contribution in [1.82, 2.24) is 14.9 Å². The van der Waals surface area contributed by atoms with Gasteiger partial charge in [0.15, 0.2) is 0 Å². The molecule has 1 rings (SSSR count). The van der Waals surface area contributed by atoms with Crippen molar-refractivity contribution in [2.24, 2.45) is 0 Å². The molecule has 0 aliphatic rings. The molecule has 1 heterocycles. The van der Waals surface area contributed by atoms with Crippen LogP contribution in [0.15, 0.2) is 18.7 Å². The minimum atomic E-state index is -0.658. The lowest BCUT2D eigenvalue weighted by atomic mass is 9.93. The fourth-order valence-electron chi connectivity index (χ4n) is 2.13. The molecule has 0 amide bonds. The molecule has 0 fully saturated rings. The molecule has 0 spiro atoms. The molecule has 0 aliphatic carbocycles. The fourth-order valence-corrected chi connectivity index (χ4v) is 2.13. The van der Waals surface area contributed by atoms with E-state index in [-0.39, 0.29) is 12.0 Å².